The second kappa shape index (κ2) is 13.0. The molecule has 3 rings (SSSR count). The normalized spacial score (nSPS) is 24.2. The zero-order valence-electron chi connectivity index (χ0n) is 26.9. The van der Waals surface area contributed by atoms with Crippen molar-refractivity contribution in [2.45, 2.75) is 105 Å². The minimum atomic E-state index is -1.83. The van der Waals surface area contributed by atoms with Gasteiger partial charge in [0, 0.05) is 16.4 Å². The highest BCUT2D eigenvalue weighted by molar-refractivity contribution is 6.70. The number of benzene rings is 1. The van der Waals surface area contributed by atoms with E-state index in [1.807, 2.05) is 18.2 Å². The van der Waals surface area contributed by atoms with Crippen LogP contribution in [-0.4, -0.2) is 29.5 Å². The van der Waals surface area contributed by atoms with Crippen molar-refractivity contribution in [3.05, 3.63) is 83.4 Å². The average molecular weight is 583 g/mol. The quantitative estimate of drug-likeness (QED) is 0.0719. The van der Waals surface area contributed by atoms with Crippen molar-refractivity contribution >= 4 is 16.6 Å². The third kappa shape index (κ3) is 7.90. The molecule has 6 heteroatoms. The lowest BCUT2D eigenvalue weighted by molar-refractivity contribution is -0.145. The van der Waals surface area contributed by atoms with Gasteiger partial charge in [-0.3, -0.25) is 0 Å². The summed E-state index contributed by atoms with van der Waals surface area (Å²) < 4.78 is 26.3. The van der Waals surface area contributed by atoms with Gasteiger partial charge in [-0.15, -0.1) is 6.58 Å². The fourth-order valence-electron chi connectivity index (χ4n) is 6.12. The van der Waals surface area contributed by atoms with Gasteiger partial charge >= 0.3 is 0 Å². The molecule has 0 bridgehead atoms. The van der Waals surface area contributed by atoms with Crippen LogP contribution in [0, 0.1) is 16.7 Å². The summed E-state index contributed by atoms with van der Waals surface area (Å²) in [5.74, 6) is 2.49. The first-order valence-corrected chi connectivity index (χ1v) is 21.8. The zero-order chi connectivity index (χ0) is 29.8. The Kier molecular flexibility index (Phi) is 10.6. The van der Waals surface area contributed by atoms with Gasteiger partial charge in [0.05, 0.1) is 18.5 Å². The molecule has 0 aromatic heterocycles. The maximum atomic E-state index is 6.84. The molecule has 0 aliphatic heterocycles. The molecule has 0 heterocycles. The van der Waals surface area contributed by atoms with Crippen LogP contribution in [0.3, 0.4) is 0 Å². The molecular weight excluding hydrogens is 529 g/mol. The molecule has 0 spiro atoms. The fraction of sp³-hybridized carbons (Fsp3) is 0.588. The van der Waals surface area contributed by atoms with E-state index in [4.69, 9.17) is 18.3 Å². The molecule has 0 unspecified atom stereocenters. The van der Waals surface area contributed by atoms with E-state index in [1.165, 1.54) is 11.1 Å². The number of hydrogen-bond donors (Lipinski definition) is 0. The topological polar surface area (TPSA) is 36.9 Å². The van der Waals surface area contributed by atoms with Crippen molar-refractivity contribution in [2.24, 2.45) is 16.7 Å². The minimum absolute atomic E-state index is 0.126. The molecule has 222 valence electrons. The van der Waals surface area contributed by atoms with E-state index in [9.17, 15) is 0 Å². The Morgan fingerprint density at radius 3 is 2.38 bits per heavy atom. The van der Waals surface area contributed by atoms with Crippen LogP contribution in [0.5, 0.6) is 0 Å². The summed E-state index contributed by atoms with van der Waals surface area (Å²) in [6.07, 6.45) is 10.4. The highest BCUT2D eigenvalue weighted by Crippen LogP contribution is 2.56. The van der Waals surface area contributed by atoms with Crippen molar-refractivity contribution in [1.29, 1.82) is 0 Å². The number of allylic oxidation sites excluding steroid dienone is 5. The number of ether oxygens (including phenoxy) is 2. The largest absolute Gasteiger partial charge is 0.547 e. The van der Waals surface area contributed by atoms with Crippen molar-refractivity contribution in [1.82, 2.24) is 0 Å². The van der Waals surface area contributed by atoms with Gasteiger partial charge in [0.25, 0.3) is 0 Å². The van der Waals surface area contributed by atoms with Gasteiger partial charge < -0.3 is 18.3 Å². The maximum Gasteiger partial charge on any atom is 0.242 e. The lowest BCUT2D eigenvalue weighted by Crippen LogP contribution is -2.47. The first-order chi connectivity index (χ1) is 18.6. The Bertz CT molecular complexity index is 1110. The summed E-state index contributed by atoms with van der Waals surface area (Å²) in [6.45, 7) is 27.6. The first-order valence-electron chi connectivity index (χ1n) is 15.0. The molecule has 1 aromatic carbocycles. The van der Waals surface area contributed by atoms with Gasteiger partial charge in [-0.1, -0.05) is 61.9 Å². The van der Waals surface area contributed by atoms with E-state index < -0.39 is 16.6 Å². The lowest BCUT2D eigenvalue weighted by atomic mass is 9.59. The Hall–Kier alpha value is -1.87. The Morgan fingerprint density at radius 2 is 1.80 bits per heavy atom. The van der Waals surface area contributed by atoms with Crippen LogP contribution < -0.4 is 0 Å². The molecule has 1 aromatic rings. The summed E-state index contributed by atoms with van der Waals surface area (Å²) in [7, 11) is -3.63. The molecular formula is C34H54O4Si2. The van der Waals surface area contributed by atoms with Crippen LogP contribution in [0.4, 0.5) is 0 Å². The highest BCUT2D eigenvalue weighted by Gasteiger charge is 2.51. The van der Waals surface area contributed by atoms with Gasteiger partial charge in [0.15, 0.2) is 0 Å². The molecule has 0 fully saturated rings. The predicted octanol–water partition coefficient (Wildman–Crippen LogP) is 9.76. The third-order valence-corrected chi connectivity index (χ3v) is 10.1. The molecule has 2 aliphatic rings. The highest BCUT2D eigenvalue weighted by atomic mass is 28.4. The summed E-state index contributed by atoms with van der Waals surface area (Å²) >= 11 is 0. The van der Waals surface area contributed by atoms with Crippen molar-refractivity contribution in [3.8, 4) is 0 Å². The summed E-state index contributed by atoms with van der Waals surface area (Å²) in [5, 5.41) is 0. The maximum absolute atomic E-state index is 6.84. The minimum Gasteiger partial charge on any atom is -0.547 e. The number of rotatable bonds is 14. The molecule has 4 atom stereocenters. The number of hydrogen-bond acceptors (Lipinski definition) is 4. The third-order valence-electron chi connectivity index (χ3n) is 8.43. The molecule has 40 heavy (non-hydrogen) atoms. The lowest BCUT2D eigenvalue weighted by Gasteiger charge is -2.49. The summed E-state index contributed by atoms with van der Waals surface area (Å²) in [5.41, 5.74) is 3.40. The van der Waals surface area contributed by atoms with Crippen LogP contribution in [0.25, 0.3) is 0 Å². The van der Waals surface area contributed by atoms with Gasteiger partial charge in [-0.2, -0.15) is 0 Å². The second-order valence-electron chi connectivity index (χ2n) is 14.0. The van der Waals surface area contributed by atoms with Crippen LogP contribution in [0.2, 0.25) is 39.3 Å². The summed E-state index contributed by atoms with van der Waals surface area (Å²) in [6, 6.07) is 10.3. The monoisotopic (exact) mass is 582 g/mol. The summed E-state index contributed by atoms with van der Waals surface area (Å²) in [4.78, 5) is 0. The SMILES string of the molecule is C=C[C@](C)(C[C@@H](OCOCc1ccccc1)[C@@]1(C)C2=C(CC=C2O[Si](C)(C)C)CC[C@H]1C)/C(=C/C)O[Si](C)(C)C. The van der Waals surface area contributed by atoms with E-state index in [1.54, 1.807) is 0 Å². The standard InChI is InChI=1S/C34H54O4Si2/c1-12-30(38-40(9,10)11)33(4,13-2)23-31(36-25-35-24-27-17-15-14-16-18-27)34(5)26(3)19-20-28-21-22-29(32(28)34)37-39(6,7)8/h12-18,22,26,31H,2,19-21,23-25H2,1,3-11H3/b30-12-/t26-,31-,33-,34+/m1/s1. The predicted molar refractivity (Wildman–Crippen MR) is 173 cm³/mol. The van der Waals surface area contributed by atoms with Crippen molar-refractivity contribution in [2.75, 3.05) is 6.79 Å². The average Bonchev–Trinajstić information content (AvgIpc) is 3.28. The van der Waals surface area contributed by atoms with Crippen LogP contribution >= 0.6 is 0 Å². The Labute approximate surface area is 246 Å². The van der Waals surface area contributed by atoms with E-state index >= 15 is 0 Å². The van der Waals surface area contributed by atoms with Crippen LogP contribution in [-0.2, 0) is 24.9 Å². The molecule has 0 N–H and O–H groups in total. The van der Waals surface area contributed by atoms with Gasteiger partial charge in [0.2, 0.25) is 16.6 Å². The zero-order valence-corrected chi connectivity index (χ0v) is 28.9. The van der Waals surface area contributed by atoms with Gasteiger partial charge in [0.1, 0.15) is 12.6 Å². The van der Waals surface area contributed by atoms with Crippen molar-refractivity contribution < 1.29 is 18.3 Å². The van der Waals surface area contributed by atoms with E-state index in [-0.39, 0.29) is 23.7 Å². The first kappa shape index (κ1) is 32.6. The molecule has 0 saturated carbocycles. The molecule has 0 radical (unpaired) electrons. The Morgan fingerprint density at radius 1 is 1.12 bits per heavy atom. The molecule has 0 saturated heterocycles. The molecule has 2 aliphatic carbocycles. The van der Waals surface area contributed by atoms with Crippen LogP contribution in [0.1, 0.15) is 58.9 Å². The molecule has 4 nitrogen and oxygen atoms in total. The van der Waals surface area contributed by atoms with Crippen LogP contribution in [0.15, 0.2) is 77.8 Å². The van der Waals surface area contributed by atoms with Crippen molar-refractivity contribution in [3.63, 3.8) is 0 Å². The molecule has 0 amide bonds. The smallest absolute Gasteiger partial charge is 0.242 e. The van der Waals surface area contributed by atoms with E-state index in [0.717, 1.165) is 42.8 Å². The van der Waals surface area contributed by atoms with E-state index in [0.29, 0.717) is 12.5 Å². The second-order valence-corrected chi connectivity index (χ2v) is 22.8. The Balaban J connectivity index is 1.99. The fourth-order valence-corrected chi connectivity index (χ4v) is 7.97. The van der Waals surface area contributed by atoms with Gasteiger partial charge in [-0.25, -0.2) is 0 Å². The van der Waals surface area contributed by atoms with Gasteiger partial charge in [-0.05, 0) is 96.4 Å². The van der Waals surface area contributed by atoms with E-state index in [2.05, 4.69) is 104 Å².